The van der Waals surface area contributed by atoms with Crippen LogP contribution in [0, 0.1) is 11.8 Å². The summed E-state index contributed by atoms with van der Waals surface area (Å²) in [5.74, 6) is 1.61. The molecule has 4 nitrogen and oxygen atoms in total. The van der Waals surface area contributed by atoms with E-state index in [1.807, 2.05) is 4.90 Å². The minimum atomic E-state index is -0.155. The van der Waals surface area contributed by atoms with Crippen molar-refractivity contribution in [3.63, 3.8) is 0 Å². The van der Waals surface area contributed by atoms with Crippen molar-refractivity contribution in [2.75, 3.05) is 20.2 Å². The molecule has 0 aromatic rings. The number of likely N-dealkylation sites (tertiary alicyclic amines) is 1. The molecule has 3 aliphatic rings. The number of carbonyl (C=O) groups excluding carboxylic acids is 1. The van der Waals surface area contributed by atoms with Crippen molar-refractivity contribution in [2.45, 2.75) is 50.6 Å². The predicted octanol–water partition coefficient (Wildman–Crippen LogP) is 2.00. The van der Waals surface area contributed by atoms with Crippen LogP contribution in [0.25, 0.3) is 0 Å². The first-order chi connectivity index (χ1) is 8.74. The van der Waals surface area contributed by atoms with Crippen molar-refractivity contribution in [2.24, 2.45) is 11.8 Å². The van der Waals surface area contributed by atoms with Crippen molar-refractivity contribution < 1.29 is 9.53 Å². The van der Waals surface area contributed by atoms with Gasteiger partial charge in [-0.1, -0.05) is 12.8 Å². The summed E-state index contributed by atoms with van der Waals surface area (Å²) in [4.78, 5) is 13.6. The fourth-order valence-corrected chi connectivity index (χ4v) is 3.18. The zero-order chi connectivity index (χ0) is 12.5. The molecule has 2 saturated carbocycles. The Labute approximate surface area is 109 Å². The molecule has 3 rings (SSSR count). The lowest BCUT2D eigenvalue weighted by molar-refractivity contribution is 0.0877. The van der Waals surface area contributed by atoms with E-state index >= 15 is 0 Å². The highest BCUT2D eigenvalue weighted by atomic mass is 16.5. The van der Waals surface area contributed by atoms with Crippen LogP contribution in [0.5, 0.6) is 0 Å². The number of ether oxygens (including phenoxy) is 1. The van der Waals surface area contributed by atoms with Crippen molar-refractivity contribution in [1.29, 1.82) is 0 Å². The number of methoxy groups -OCH3 is 1. The van der Waals surface area contributed by atoms with Crippen molar-refractivity contribution in [1.82, 2.24) is 10.2 Å². The average molecular weight is 252 g/mol. The van der Waals surface area contributed by atoms with Crippen molar-refractivity contribution in [3.8, 4) is 0 Å². The van der Waals surface area contributed by atoms with Crippen LogP contribution >= 0.6 is 0 Å². The van der Waals surface area contributed by atoms with E-state index in [1.165, 1.54) is 45.6 Å². The molecule has 3 fully saturated rings. The molecule has 2 unspecified atom stereocenters. The second-order valence-electron chi connectivity index (χ2n) is 6.29. The maximum absolute atomic E-state index is 11.7. The van der Waals surface area contributed by atoms with Gasteiger partial charge < -0.3 is 15.0 Å². The minimum Gasteiger partial charge on any atom is -0.453 e. The summed E-state index contributed by atoms with van der Waals surface area (Å²) >= 11 is 0. The van der Waals surface area contributed by atoms with Gasteiger partial charge >= 0.3 is 6.09 Å². The number of piperidine rings is 1. The Hall–Kier alpha value is -0.770. The smallest absolute Gasteiger partial charge is 0.409 e. The Morgan fingerprint density at radius 3 is 2.56 bits per heavy atom. The first kappa shape index (κ1) is 12.3. The monoisotopic (exact) mass is 252 g/mol. The summed E-state index contributed by atoms with van der Waals surface area (Å²) in [5, 5.41) is 3.68. The van der Waals surface area contributed by atoms with Crippen LogP contribution < -0.4 is 5.32 Å². The van der Waals surface area contributed by atoms with Crippen LogP contribution in [0.15, 0.2) is 0 Å². The van der Waals surface area contributed by atoms with Crippen LogP contribution in [0.4, 0.5) is 4.79 Å². The van der Waals surface area contributed by atoms with E-state index in [9.17, 15) is 4.79 Å². The van der Waals surface area contributed by atoms with E-state index in [-0.39, 0.29) is 6.09 Å². The third-order valence-corrected chi connectivity index (χ3v) is 4.38. The minimum absolute atomic E-state index is 0.155. The van der Waals surface area contributed by atoms with Crippen molar-refractivity contribution in [3.05, 3.63) is 0 Å². The molecule has 102 valence electrons. The lowest BCUT2D eigenvalue weighted by Gasteiger charge is -2.37. The molecular formula is C14H24N2O2. The van der Waals surface area contributed by atoms with Crippen molar-refractivity contribution >= 4 is 6.09 Å². The van der Waals surface area contributed by atoms with Crippen LogP contribution in [-0.4, -0.2) is 43.3 Å². The van der Waals surface area contributed by atoms with E-state index in [4.69, 9.17) is 4.74 Å². The molecule has 1 heterocycles. The number of hydrogen-bond acceptors (Lipinski definition) is 3. The number of rotatable bonds is 4. The molecule has 2 aliphatic carbocycles. The molecular weight excluding hydrogens is 228 g/mol. The van der Waals surface area contributed by atoms with Gasteiger partial charge in [-0.3, -0.25) is 0 Å². The summed E-state index contributed by atoms with van der Waals surface area (Å²) in [6.07, 6.45) is 7.80. The summed E-state index contributed by atoms with van der Waals surface area (Å²) in [6, 6.07) is 1.20. The molecule has 0 bridgehead atoms. The van der Waals surface area contributed by atoms with E-state index in [0.717, 1.165) is 19.0 Å². The third-order valence-electron chi connectivity index (χ3n) is 4.38. The largest absolute Gasteiger partial charge is 0.453 e. The average Bonchev–Trinajstić information content (AvgIpc) is 3.24. The predicted molar refractivity (Wildman–Crippen MR) is 69.4 cm³/mol. The Bertz CT molecular complexity index is 291. The molecule has 0 radical (unpaired) electrons. The summed E-state index contributed by atoms with van der Waals surface area (Å²) in [5.41, 5.74) is 0. The molecule has 0 aromatic heterocycles. The van der Waals surface area contributed by atoms with Gasteiger partial charge in [-0.05, 0) is 37.5 Å². The van der Waals surface area contributed by atoms with Gasteiger partial charge in [-0.2, -0.15) is 0 Å². The maximum atomic E-state index is 11.7. The molecule has 1 amide bonds. The number of nitrogens with one attached hydrogen (secondary N) is 1. The zero-order valence-corrected chi connectivity index (χ0v) is 11.2. The fourth-order valence-electron chi connectivity index (χ4n) is 3.18. The fraction of sp³-hybridized carbons (Fsp3) is 0.929. The van der Waals surface area contributed by atoms with E-state index in [2.05, 4.69) is 5.32 Å². The number of hydrogen-bond donors (Lipinski definition) is 1. The van der Waals surface area contributed by atoms with Crippen LogP contribution in [-0.2, 0) is 4.74 Å². The highest BCUT2D eigenvalue weighted by Crippen LogP contribution is 2.38. The topological polar surface area (TPSA) is 41.6 Å². The zero-order valence-electron chi connectivity index (χ0n) is 11.2. The van der Waals surface area contributed by atoms with E-state index < -0.39 is 0 Å². The second kappa shape index (κ2) is 5.08. The van der Waals surface area contributed by atoms with Crippen LogP contribution in [0.3, 0.4) is 0 Å². The van der Waals surface area contributed by atoms with E-state index in [1.54, 1.807) is 0 Å². The number of amides is 1. The molecule has 18 heavy (non-hydrogen) atoms. The Morgan fingerprint density at radius 1 is 1.17 bits per heavy atom. The summed E-state index contributed by atoms with van der Waals surface area (Å²) in [6.45, 7) is 1.72. The molecule has 4 heteroatoms. The number of carbonyl (C=O) groups is 1. The first-order valence-corrected chi connectivity index (χ1v) is 7.33. The molecule has 0 spiro atoms. The lowest BCUT2D eigenvalue weighted by atomic mass is 9.90. The van der Waals surface area contributed by atoms with Gasteiger partial charge in [0.15, 0.2) is 0 Å². The Balaban J connectivity index is 1.57. The van der Waals surface area contributed by atoms with Gasteiger partial charge in [0.2, 0.25) is 0 Å². The highest BCUT2D eigenvalue weighted by Gasteiger charge is 2.36. The first-order valence-electron chi connectivity index (χ1n) is 7.33. The normalized spacial score (nSPS) is 32.4. The van der Waals surface area contributed by atoms with Gasteiger partial charge in [-0.25, -0.2) is 4.79 Å². The second-order valence-corrected chi connectivity index (χ2v) is 6.29. The third kappa shape index (κ3) is 3.16. The van der Waals surface area contributed by atoms with Crippen LogP contribution in [0.1, 0.15) is 38.5 Å². The maximum Gasteiger partial charge on any atom is 0.409 e. The highest BCUT2D eigenvalue weighted by molar-refractivity contribution is 5.67. The number of nitrogens with zero attached hydrogens (tertiary/aromatic N) is 1. The van der Waals surface area contributed by atoms with Gasteiger partial charge in [0.25, 0.3) is 0 Å². The Kier molecular flexibility index (Phi) is 3.46. The van der Waals surface area contributed by atoms with Gasteiger partial charge in [-0.15, -0.1) is 0 Å². The summed E-state index contributed by atoms with van der Waals surface area (Å²) in [7, 11) is 1.48. The van der Waals surface area contributed by atoms with Crippen LogP contribution in [0.2, 0.25) is 0 Å². The molecule has 2 atom stereocenters. The van der Waals surface area contributed by atoms with E-state index in [0.29, 0.717) is 18.0 Å². The molecule has 0 aromatic carbocycles. The molecule has 1 aliphatic heterocycles. The van der Waals surface area contributed by atoms with Gasteiger partial charge in [0.05, 0.1) is 7.11 Å². The Morgan fingerprint density at radius 2 is 1.94 bits per heavy atom. The van der Waals surface area contributed by atoms with Gasteiger partial charge in [0, 0.05) is 25.2 Å². The van der Waals surface area contributed by atoms with Gasteiger partial charge in [0.1, 0.15) is 0 Å². The standard InChI is InChI=1S/C14H24N2O2/c1-18-14(17)16-8-11(6-10-2-3-10)7-13(9-16)15-12-4-5-12/h10-13,15H,2-9H2,1H3. The quantitative estimate of drug-likeness (QED) is 0.832. The lowest BCUT2D eigenvalue weighted by Crippen LogP contribution is -2.51. The summed E-state index contributed by atoms with van der Waals surface area (Å²) < 4.78 is 4.89. The molecule has 1 N–H and O–H groups in total. The SMILES string of the molecule is COC(=O)N1CC(CC2CC2)CC(NC2CC2)C1. The molecule has 1 saturated heterocycles.